The van der Waals surface area contributed by atoms with E-state index in [0.717, 1.165) is 27.7 Å². The minimum Gasteiger partial charge on any atom is -0.497 e. The second-order valence-electron chi connectivity index (χ2n) is 8.02. The summed E-state index contributed by atoms with van der Waals surface area (Å²) in [5.74, 6) is 0.310. The number of sulfonamides is 1. The van der Waals surface area contributed by atoms with E-state index >= 15 is 0 Å². The molecule has 0 aliphatic carbocycles. The summed E-state index contributed by atoms with van der Waals surface area (Å²) in [4.78, 5) is 15.3. The van der Waals surface area contributed by atoms with Crippen LogP contribution in [0.2, 0.25) is 0 Å². The first-order valence-corrected chi connectivity index (χ1v) is 12.8. The fourth-order valence-electron chi connectivity index (χ4n) is 4.12. The second kappa shape index (κ2) is 9.67. The maximum Gasteiger partial charge on any atom is 0.243 e. The van der Waals surface area contributed by atoms with E-state index in [1.807, 2.05) is 55.5 Å². The highest BCUT2D eigenvalue weighted by Gasteiger charge is 2.34. The van der Waals surface area contributed by atoms with Crippen LogP contribution >= 0.6 is 15.9 Å². The van der Waals surface area contributed by atoms with E-state index in [-0.39, 0.29) is 29.9 Å². The SMILES string of the molecule is COc1ccc(S(=O)(=O)N(CC(=O)N2c3ccc(Br)cc3C[C@H]2C)Cc2ccccc2)cc1. The van der Waals surface area contributed by atoms with Gasteiger partial charge in [0.05, 0.1) is 18.6 Å². The summed E-state index contributed by atoms with van der Waals surface area (Å²) in [5.41, 5.74) is 2.70. The fraction of sp³-hybridized carbons (Fsp3) is 0.240. The van der Waals surface area contributed by atoms with Crippen molar-refractivity contribution >= 4 is 37.5 Å². The van der Waals surface area contributed by atoms with Crippen molar-refractivity contribution in [2.24, 2.45) is 0 Å². The smallest absolute Gasteiger partial charge is 0.243 e. The van der Waals surface area contributed by atoms with Crippen LogP contribution < -0.4 is 9.64 Å². The molecule has 0 aromatic heterocycles. The van der Waals surface area contributed by atoms with E-state index in [9.17, 15) is 13.2 Å². The van der Waals surface area contributed by atoms with Crippen molar-refractivity contribution in [2.75, 3.05) is 18.6 Å². The van der Waals surface area contributed by atoms with Crippen molar-refractivity contribution in [3.05, 3.63) is 88.4 Å². The van der Waals surface area contributed by atoms with Crippen LogP contribution in [0.15, 0.2) is 82.2 Å². The van der Waals surface area contributed by atoms with E-state index in [4.69, 9.17) is 4.74 Å². The molecule has 1 aliphatic rings. The molecule has 3 aromatic carbocycles. The van der Waals surface area contributed by atoms with Crippen LogP contribution in [0, 0.1) is 0 Å². The van der Waals surface area contributed by atoms with Crippen LogP contribution in [0.25, 0.3) is 0 Å². The minimum atomic E-state index is -3.93. The number of carbonyl (C=O) groups excluding carboxylic acids is 1. The number of hydrogen-bond acceptors (Lipinski definition) is 4. The van der Waals surface area contributed by atoms with Gasteiger partial charge in [0.25, 0.3) is 0 Å². The van der Waals surface area contributed by atoms with Gasteiger partial charge in [-0.05, 0) is 66.9 Å². The number of fused-ring (bicyclic) bond motifs is 1. The molecule has 6 nitrogen and oxygen atoms in total. The number of rotatable bonds is 7. The highest BCUT2D eigenvalue weighted by atomic mass is 79.9. The number of halogens is 1. The Bertz CT molecular complexity index is 1250. The molecule has 0 saturated heterocycles. The van der Waals surface area contributed by atoms with Crippen LogP contribution in [0.1, 0.15) is 18.1 Å². The van der Waals surface area contributed by atoms with Crippen LogP contribution in [0.3, 0.4) is 0 Å². The Kier molecular flexibility index (Phi) is 6.88. The lowest BCUT2D eigenvalue weighted by atomic mass is 10.1. The van der Waals surface area contributed by atoms with Gasteiger partial charge in [-0.1, -0.05) is 46.3 Å². The number of nitrogens with zero attached hydrogens (tertiary/aromatic N) is 2. The van der Waals surface area contributed by atoms with Gasteiger partial charge in [-0.25, -0.2) is 8.42 Å². The van der Waals surface area contributed by atoms with Crippen LogP contribution in [-0.2, 0) is 27.8 Å². The molecule has 1 amide bonds. The minimum absolute atomic E-state index is 0.0518. The summed E-state index contributed by atoms with van der Waals surface area (Å²) in [6.07, 6.45) is 0.727. The zero-order valence-corrected chi connectivity index (χ0v) is 20.8. The summed E-state index contributed by atoms with van der Waals surface area (Å²) < 4.78 is 34.5. The summed E-state index contributed by atoms with van der Waals surface area (Å²) in [6.45, 7) is 1.81. The van der Waals surface area contributed by atoms with Crippen LogP contribution in [0.5, 0.6) is 5.75 Å². The number of benzene rings is 3. The monoisotopic (exact) mass is 528 g/mol. The first-order valence-electron chi connectivity index (χ1n) is 10.6. The van der Waals surface area contributed by atoms with Gasteiger partial charge in [0.1, 0.15) is 5.75 Å². The Hall–Kier alpha value is -2.68. The number of anilines is 1. The lowest BCUT2D eigenvalue weighted by molar-refractivity contribution is -0.119. The maximum atomic E-state index is 13.6. The summed E-state index contributed by atoms with van der Waals surface area (Å²) in [6, 6.07) is 21.3. The average molecular weight is 529 g/mol. The molecule has 1 atom stereocenters. The molecule has 4 rings (SSSR count). The van der Waals surface area contributed by atoms with Gasteiger partial charge in [0.15, 0.2) is 0 Å². The van der Waals surface area contributed by atoms with E-state index in [0.29, 0.717) is 5.75 Å². The van der Waals surface area contributed by atoms with Crippen molar-refractivity contribution in [2.45, 2.75) is 30.8 Å². The number of methoxy groups -OCH3 is 1. The molecule has 8 heteroatoms. The molecular weight excluding hydrogens is 504 g/mol. The van der Waals surface area contributed by atoms with Crippen molar-refractivity contribution in [3.8, 4) is 5.75 Å². The maximum absolute atomic E-state index is 13.6. The number of ether oxygens (including phenoxy) is 1. The average Bonchev–Trinajstić information content (AvgIpc) is 3.14. The van der Waals surface area contributed by atoms with Gasteiger partial charge in [-0.2, -0.15) is 4.31 Å². The van der Waals surface area contributed by atoms with E-state index in [1.54, 1.807) is 17.0 Å². The van der Waals surface area contributed by atoms with Gasteiger partial charge in [-0.3, -0.25) is 4.79 Å². The molecule has 0 fully saturated rings. The van der Waals surface area contributed by atoms with E-state index < -0.39 is 10.0 Å². The Morgan fingerprint density at radius 3 is 2.45 bits per heavy atom. The van der Waals surface area contributed by atoms with Gasteiger partial charge in [-0.15, -0.1) is 0 Å². The van der Waals surface area contributed by atoms with Crippen molar-refractivity contribution in [1.82, 2.24) is 4.31 Å². The van der Waals surface area contributed by atoms with E-state index in [2.05, 4.69) is 15.9 Å². The third kappa shape index (κ3) is 4.98. The predicted molar refractivity (Wildman–Crippen MR) is 132 cm³/mol. The Morgan fingerprint density at radius 1 is 1.09 bits per heavy atom. The molecular formula is C25H25BrN2O4S. The molecule has 0 saturated carbocycles. The Morgan fingerprint density at radius 2 is 1.79 bits per heavy atom. The molecule has 0 unspecified atom stereocenters. The predicted octanol–water partition coefficient (Wildman–Crippen LogP) is 4.63. The first-order chi connectivity index (χ1) is 15.8. The third-order valence-corrected chi connectivity index (χ3v) is 8.04. The van der Waals surface area contributed by atoms with E-state index in [1.165, 1.54) is 23.5 Å². The van der Waals surface area contributed by atoms with Crippen molar-refractivity contribution in [3.63, 3.8) is 0 Å². The van der Waals surface area contributed by atoms with Gasteiger partial charge < -0.3 is 9.64 Å². The quantitative estimate of drug-likeness (QED) is 0.448. The summed E-state index contributed by atoms with van der Waals surface area (Å²) >= 11 is 3.48. The molecule has 0 N–H and O–H groups in total. The number of hydrogen-bond donors (Lipinski definition) is 0. The molecule has 3 aromatic rings. The Labute approximate surface area is 203 Å². The van der Waals surface area contributed by atoms with Gasteiger partial charge in [0.2, 0.25) is 15.9 Å². The third-order valence-electron chi connectivity index (χ3n) is 5.74. The lowest BCUT2D eigenvalue weighted by Crippen LogP contribution is -2.44. The zero-order chi connectivity index (χ0) is 23.6. The summed E-state index contributed by atoms with van der Waals surface area (Å²) in [7, 11) is -2.40. The fourth-order valence-corrected chi connectivity index (χ4v) is 5.90. The van der Waals surface area contributed by atoms with Crippen LogP contribution in [-0.4, -0.2) is 38.3 Å². The molecule has 1 aliphatic heterocycles. The first kappa shape index (κ1) is 23.5. The zero-order valence-electron chi connectivity index (χ0n) is 18.4. The molecule has 0 bridgehead atoms. The summed E-state index contributed by atoms with van der Waals surface area (Å²) in [5, 5.41) is 0. The number of carbonyl (C=O) groups is 1. The van der Waals surface area contributed by atoms with Gasteiger partial charge in [0, 0.05) is 22.7 Å². The molecule has 172 valence electrons. The molecule has 0 spiro atoms. The largest absolute Gasteiger partial charge is 0.497 e. The highest BCUT2D eigenvalue weighted by Crippen LogP contribution is 2.34. The molecule has 33 heavy (non-hydrogen) atoms. The second-order valence-corrected chi connectivity index (χ2v) is 10.9. The van der Waals surface area contributed by atoms with Crippen LogP contribution in [0.4, 0.5) is 5.69 Å². The normalized spacial score (nSPS) is 15.5. The molecule has 0 radical (unpaired) electrons. The topological polar surface area (TPSA) is 66.9 Å². The number of amides is 1. The molecule has 1 heterocycles. The van der Waals surface area contributed by atoms with Crippen molar-refractivity contribution in [1.29, 1.82) is 0 Å². The van der Waals surface area contributed by atoms with Crippen molar-refractivity contribution < 1.29 is 17.9 Å². The Balaban J connectivity index is 1.66. The standard InChI is InChI=1S/C25H25BrN2O4S/c1-18-14-20-15-21(26)8-13-24(20)28(18)25(29)17-27(16-19-6-4-3-5-7-19)33(30,31)23-11-9-22(32-2)10-12-23/h3-13,15,18H,14,16-17H2,1-2H3/t18-/m1/s1. The van der Waals surface area contributed by atoms with Gasteiger partial charge >= 0.3 is 0 Å². The lowest BCUT2D eigenvalue weighted by Gasteiger charge is -2.27. The highest BCUT2D eigenvalue weighted by molar-refractivity contribution is 9.10.